The lowest BCUT2D eigenvalue weighted by Gasteiger charge is -2.12. The third-order valence-corrected chi connectivity index (χ3v) is 1.88. The van der Waals surface area contributed by atoms with E-state index in [2.05, 4.69) is 5.32 Å². The fraction of sp³-hybridized carbons (Fsp3) is 0.300. The number of anilines is 1. The minimum absolute atomic E-state index is 0. The second-order valence-corrected chi connectivity index (χ2v) is 3.00. The molecule has 0 spiro atoms. The van der Waals surface area contributed by atoms with Crippen LogP contribution in [0.4, 0.5) is 5.69 Å². The number of hydrogen-bond donors (Lipinski definition) is 2. The van der Waals surface area contributed by atoms with Crippen molar-refractivity contribution in [3.63, 3.8) is 0 Å². The highest BCUT2D eigenvalue weighted by Gasteiger charge is 2.07. The topological polar surface area (TPSA) is 64.3 Å². The first-order valence-electron chi connectivity index (χ1n) is 4.33. The average molecular weight is 231 g/mol. The second-order valence-electron chi connectivity index (χ2n) is 3.00. The van der Waals surface area contributed by atoms with E-state index in [0.717, 1.165) is 11.4 Å². The van der Waals surface area contributed by atoms with Crippen LogP contribution in [0.5, 0.6) is 5.75 Å². The van der Waals surface area contributed by atoms with Gasteiger partial charge in [-0.15, -0.1) is 12.4 Å². The number of ether oxygens (including phenoxy) is 1. The molecule has 1 aromatic rings. The van der Waals surface area contributed by atoms with Crippen LogP contribution in [-0.2, 0) is 4.79 Å². The van der Waals surface area contributed by atoms with Crippen molar-refractivity contribution in [3.8, 4) is 5.75 Å². The number of methoxy groups -OCH3 is 1. The number of rotatable bonds is 4. The van der Waals surface area contributed by atoms with Crippen LogP contribution in [0.1, 0.15) is 6.92 Å². The Bertz CT molecular complexity index is 331. The number of halogens is 1. The van der Waals surface area contributed by atoms with E-state index in [4.69, 9.17) is 10.5 Å². The summed E-state index contributed by atoms with van der Waals surface area (Å²) in [6, 6.07) is 6.94. The van der Waals surface area contributed by atoms with Crippen LogP contribution in [-0.4, -0.2) is 19.1 Å². The number of nitrogens with one attached hydrogen (secondary N) is 1. The van der Waals surface area contributed by atoms with Crippen LogP contribution in [0.15, 0.2) is 24.3 Å². The highest BCUT2D eigenvalue weighted by molar-refractivity contribution is 5.85. The Hall–Kier alpha value is -1.42. The molecule has 1 amide bonds. The maximum absolute atomic E-state index is 10.8. The summed E-state index contributed by atoms with van der Waals surface area (Å²) in [5.74, 6) is 0.361. The molecule has 0 aromatic heterocycles. The second kappa shape index (κ2) is 6.14. The zero-order valence-corrected chi connectivity index (χ0v) is 9.51. The maximum atomic E-state index is 10.8. The van der Waals surface area contributed by atoms with Crippen LogP contribution in [0.25, 0.3) is 0 Å². The van der Waals surface area contributed by atoms with Gasteiger partial charge in [-0.3, -0.25) is 4.79 Å². The minimum atomic E-state index is -0.387. The molecule has 15 heavy (non-hydrogen) atoms. The van der Waals surface area contributed by atoms with Gasteiger partial charge in [-0.05, 0) is 19.1 Å². The molecule has 0 bridgehead atoms. The summed E-state index contributed by atoms with van der Waals surface area (Å²) in [6.45, 7) is 1.71. The first-order valence-corrected chi connectivity index (χ1v) is 4.33. The number of hydrogen-bond acceptors (Lipinski definition) is 3. The Kier molecular flexibility index (Phi) is 5.56. The van der Waals surface area contributed by atoms with E-state index >= 15 is 0 Å². The van der Waals surface area contributed by atoms with Gasteiger partial charge in [0.2, 0.25) is 5.91 Å². The summed E-state index contributed by atoms with van der Waals surface area (Å²) >= 11 is 0. The summed E-state index contributed by atoms with van der Waals surface area (Å²) in [5, 5.41) is 2.96. The molecule has 0 unspecified atom stereocenters. The van der Waals surface area contributed by atoms with Crippen molar-refractivity contribution >= 4 is 24.0 Å². The number of carbonyl (C=O) groups excluding carboxylic acids is 1. The molecule has 0 saturated carbocycles. The Morgan fingerprint density at radius 2 is 2.20 bits per heavy atom. The Morgan fingerprint density at radius 3 is 2.73 bits per heavy atom. The highest BCUT2D eigenvalue weighted by Crippen LogP contribution is 2.17. The smallest absolute Gasteiger partial charge is 0.239 e. The quantitative estimate of drug-likeness (QED) is 0.822. The van der Waals surface area contributed by atoms with Gasteiger partial charge in [0.05, 0.1) is 7.11 Å². The summed E-state index contributed by atoms with van der Waals surface area (Å²) in [4.78, 5) is 10.8. The number of nitrogens with two attached hydrogens (primary N) is 1. The molecule has 4 nitrogen and oxygen atoms in total. The Morgan fingerprint density at radius 1 is 1.53 bits per heavy atom. The van der Waals surface area contributed by atoms with Crippen molar-refractivity contribution in [1.82, 2.24) is 0 Å². The van der Waals surface area contributed by atoms with Crippen molar-refractivity contribution in [2.24, 2.45) is 5.73 Å². The Balaban J connectivity index is 0.00000196. The largest absolute Gasteiger partial charge is 0.497 e. The molecule has 3 N–H and O–H groups in total. The molecular formula is C10H15ClN2O2. The summed E-state index contributed by atoms with van der Waals surface area (Å²) < 4.78 is 5.04. The van der Waals surface area contributed by atoms with E-state index in [9.17, 15) is 4.79 Å². The standard InChI is InChI=1S/C10H14N2O2.ClH/c1-7(10(11)13)12-8-4-3-5-9(6-8)14-2;/h3-7,12H,1-2H3,(H2,11,13);1H/t7-;/m1./s1. The van der Waals surface area contributed by atoms with Crippen molar-refractivity contribution in [3.05, 3.63) is 24.3 Å². The molecule has 5 heteroatoms. The van der Waals surface area contributed by atoms with Crippen LogP contribution in [0, 0.1) is 0 Å². The van der Waals surface area contributed by atoms with Gasteiger partial charge in [0.25, 0.3) is 0 Å². The van der Waals surface area contributed by atoms with Crippen LogP contribution in [0.3, 0.4) is 0 Å². The molecule has 1 aromatic carbocycles. The number of carbonyl (C=O) groups is 1. The van der Waals surface area contributed by atoms with E-state index in [1.54, 1.807) is 20.1 Å². The van der Waals surface area contributed by atoms with E-state index in [1.807, 2.05) is 18.2 Å². The monoisotopic (exact) mass is 230 g/mol. The van der Waals surface area contributed by atoms with Gasteiger partial charge >= 0.3 is 0 Å². The van der Waals surface area contributed by atoms with E-state index in [-0.39, 0.29) is 24.4 Å². The molecular weight excluding hydrogens is 216 g/mol. The first-order chi connectivity index (χ1) is 6.63. The summed E-state index contributed by atoms with van der Waals surface area (Å²) in [5.41, 5.74) is 5.94. The van der Waals surface area contributed by atoms with E-state index in [0.29, 0.717) is 0 Å². The fourth-order valence-electron chi connectivity index (χ4n) is 1.03. The average Bonchev–Trinajstić information content (AvgIpc) is 2.18. The fourth-order valence-corrected chi connectivity index (χ4v) is 1.03. The zero-order chi connectivity index (χ0) is 10.6. The van der Waals surface area contributed by atoms with Crippen molar-refractivity contribution in [2.45, 2.75) is 13.0 Å². The van der Waals surface area contributed by atoms with Crippen molar-refractivity contribution in [1.29, 1.82) is 0 Å². The van der Waals surface area contributed by atoms with Gasteiger partial charge in [-0.25, -0.2) is 0 Å². The lowest BCUT2D eigenvalue weighted by Crippen LogP contribution is -2.32. The van der Waals surface area contributed by atoms with Crippen LogP contribution < -0.4 is 15.8 Å². The normalized spacial score (nSPS) is 11.1. The SMILES string of the molecule is COc1cccc(N[C@H](C)C(N)=O)c1.Cl. The molecule has 1 atom stereocenters. The zero-order valence-electron chi connectivity index (χ0n) is 8.69. The summed E-state index contributed by atoms with van der Waals surface area (Å²) in [7, 11) is 1.59. The van der Waals surface area contributed by atoms with Crippen LogP contribution >= 0.6 is 12.4 Å². The molecule has 0 fully saturated rings. The minimum Gasteiger partial charge on any atom is -0.497 e. The van der Waals surface area contributed by atoms with E-state index < -0.39 is 0 Å². The predicted molar refractivity (Wildman–Crippen MR) is 62.5 cm³/mol. The third-order valence-electron chi connectivity index (χ3n) is 1.88. The number of benzene rings is 1. The van der Waals surface area contributed by atoms with Crippen molar-refractivity contribution < 1.29 is 9.53 Å². The molecule has 0 aliphatic rings. The lowest BCUT2D eigenvalue weighted by atomic mass is 10.2. The highest BCUT2D eigenvalue weighted by atomic mass is 35.5. The first kappa shape index (κ1) is 13.6. The lowest BCUT2D eigenvalue weighted by molar-refractivity contribution is -0.118. The molecule has 0 aliphatic heterocycles. The molecule has 84 valence electrons. The van der Waals surface area contributed by atoms with E-state index in [1.165, 1.54) is 0 Å². The number of amides is 1. The maximum Gasteiger partial charge on any atom is 0.239 e. The van der Waals surface area contributed by atoms with Gasteiger partial charge in [0.15, 0.2) is 0 Å². The molecule has 0 aliphatic carbocycles. The molecule has 1 rings (SSSR count). The Labute approximate surface area is 95.2 Å². The molecule has 0 heterocycles. The summed E-state index contributed by atoms with van der Waals surface area (Å²) in [6.07, 6.45) is 0. The van der Waals surface area contributed by atoms with Gasteiger partial charge in [0, 0.05) is 11.8 Å². The van der Waals surface area contributed by atoms with Crippen LogP contribution in [0.2, 0.25) is 0 Å². The van der Waals surface area contributed by atoms with Gasteiger partial charge < -0.3 is 15.8 Å². The predicted octanol–water partition coefficient (Wildman–Crippen LogP) is 1.40. The molecule has 0 saturated heterocycles. The molecule has 0 radical (unpaired) electrons. The third kappa shape index (κ3) is 4.08. The van der Waals surface area contributed by atoms with Gasteiger partial charge in [0.1, 0.15) is 11.8 Å². The number of primary amides is 1. The van der Waals surface area contributed by atoms with Gasteiger partial charge in [-0.1, -0.05) is 6.07 Å². The van der Waals surface area contributed by atoms with Crippen molar-refractivity contribution in [2.75, 3.05) is 12.4 Å². The van der Waals surface area contributed by atoms with Gasteiger partial charge in [-0.2, -0.15) is 0 Å².